The first kappa shape index (κ1) is 12.7. The number of amides is 2. The number of anilines is 1. The lowest BCUT2D eigenvalue weighted by Crippen LogP contribution is -2.40. The molecule has 0 aromatic carbocycles. The van der Waals surface area contributed by atoms with E-state index in [2.05, 4.69) is 10.3 Å². The van der Waals surface area contributed by atoms with Crippen LogP contribution in [0.5, 0.6) is 0 Å². The maximum Gasteiger partial charge on any atom is 0.338 e. The van der Waals surface area contributed by atoms with Gasteiger partial charge in [-0.1, -0.05) is 0 Å². The van der Waals surface area contributed by atoms with E-state index < -0.39 is 5.97 Å². The van der Waals surface area contributed by atoms with Crippen molar-refractivity contribution >= 4 is 28.3 Å². The fourth-order valence-corrected chi connectivity index (χ4v) is 2.87. The molecular formula is C12H12N4O3S. The van der Waals surface area contributed by atoms with Crippen LogP contribution in [0.3, 0.4) is 0 Å². The van der Waals surface area contributed by atoms with Crippen LogP contribution in [-0.2, 0) is 13.1 Å². The highest BCUT2D eigenvalue weighted by Crippen LogP contribution is 2.24. The van der Waals surface area contributed by atoms with Gasteiger partial charge in [-0.2, -0.15) is 0 Å². The van der Waals surface area contributed by atoms with Crippen LogP contribution >= 0.6 is 11.3 Å². The molecule has 3 rings (SSSR count). The summed E-state index contributed by atoms with van der Waals surface area (Å²) in [7, 11) is 0. The monoisotopic (exact) mass is 292 g/mol. The highest BCUT2D eigenvalue weighted by molar-refractivity contribution is 7.14. The quantitative estimate of drug-likeness (QED) is 0.881. The largest absolute Gasteiger partial charge is 0.478 e. The van der Waals surface area contributed by atoms with E-state index >= 15 is 0 Å². The van der Waals surface area contributed by atoms with Crippen LogP contribution in [0.25, 0.3) is 0 Å². The van der Waals surface area contributed by atoms with Crippen molar-refractivity contribution < 1.29 is 14.7 Å². The maximum absolute atomic E-state index is 12.2. The van der Waals surface area contributed by atoms with Crippen LogP contribution in [0.1, 0.15) is 16.2 Å². The Bertz CT molecular complexity index is 663. The number of imidazole rings is 1. The third-order valence-corrected chi connectivity index (χ3v) is 3.98. The highest BCUT2D eigenvalue weighted by atomic mass is 32.1. The molecule has 1 aliphatic heterocycles. The molecule has 7 nitrogen and oxygen atoms in total. The first-order valence-corrected chi connectivity index (χ1v) is 6.90. The molecular weight excluding hydrogens is 280 g/mol. The second-order valence-corrected chi connectivity index (χ2v) is 5.27. The van der Waals surface area contributed by atoms with Gasteiger partial charge in [-0.15, -0.1) is 11.3 Å². The lowest BCUT2D eigenvalue weighted by atomic mass is 10.3. The average molecular weight is 292 g/mol. The number of nitrogens with zero attached hydrogens (tertiary/aromatic N) is 3. The Morgan fingerprint density at radius 3 is 3.05 bits per heavy atom. The number of rotatable bonds is 2. The third-order valence-electron chi connectivity index (χ3n) is 3.15. The summed E-state index contributed by atoms with van der Waals surface area (Å²) >= 11 is 1.20. The molecule has 104 valence electrons. The molecule has 0 radical (unpaired) electrons. The maximum atomic E-state index is 12.2. The molecule has 2 aromatic heterocycles. The Morgan fingerprint density at radius 2 is 2.25 bits per heavy atom. The van der Waals surface area contributed by atoms with E-state index in [1.807, 2.05) is 10.8 Å². The van der Waals surface area contributed by atoms with Crippen molar-refractivity contribution in [1.82, 2.24) is 14.5 Å². The molecule has 0 saturated carbocycles. The minimum atomic E-state index is -1.05. The molecule has 20 heavy (non-hydrogen) atoms. The van der Waals surface area contributed by atoms with Gasteiger partial charge >= 0.3 is 12.0 Å². The first-order chi connectivity index (χ1) is 9.65. The number of fused-ring (bicyclic) bond motifs is 1. The summed E-state index contributed by atoms with van der Waals surface area (Å²) in [6, 6.07) is 1.18. The SMILES string of the molecule is O=C(O)c1ccsc1NC(=O)N1CCn2ccnc2C1. The van der Waals surface area contributed by atoms with Crippen molar-refractivity contribution in [2.45, 2.75) is 13.1 Å². The van der Waals surface area contributed by atoms with Crippen LogP contribution < -0.4 is 5.32 Å². The number of urea groups is 1. The van der Waals surface area contributed by atoms with Gasteiger partial charge in [0.2, 0.25) is 0 Å². The van der Waals surface area contributed by atoms with Gasteiger partial charge in [0.25, 0.3) is 0 Å². The van der Waals surface area contributed by atoms with Gasteiger partial charge in [-0.05, 0) is 11.4 Å². The van der Waals surface area contributed by atoms with Crippen LogP contribution in [0.15, 0.2) is 23.8 Å². The Morgan fingerprint density at radius 1 is 1.40 bits per heavy atom. The zero-order valence-electron chi connectivity index (χ0n) is 10.4. The van der Waals surface area contributed by atoms with Crippen LogP contribution in [0.4, 0.5) is 9.80 Å². The van der Waals surface area contributed by atoms with Crippen molar-refractivity contribution in [3.63, 3.8) is 0 Å². The first-order valence-electron chi connectivity index (χ1n) is 6.02. The predicted octanol–water partition coefficient (Wildman–Crippen LogP) is 1.69. The number of aromatic carboxylic acids is 1. The van der Waals surface area contributed by atoms with E-state index in [9.17, 15) is 9.59 Å². The van der Waals surface area contributed by atoms with E-state index in [0.717, 1.165) is 5.82 Å². The normalized spacial score (nSPS) is 13.9. The summed E-state index contributed by atoms with van der Waals surface area (Å²) in [5.41, 5.74) is 0.113. The third kappa shape index (κ3) is 2.25. The van der Waals surface area contributed by atoms with E-state index in [0.29, 0.717) is 24.6 Å². The van der Waals surface area contributed by atoms with Gasteiger partial charge < -0.3 is 14.6 Å². The molecule has 0 saturated heterocycles. The predicted molar refractivity (Wildman–Crippen MR) is 72.9 cm³/mol. The molecule has 1 aliphatic rings. The molecule has 0 unspecified atom stereocenters. The number of carbonyl (C=O) groups is 2. The summed E-state index contributed by atoms with van der Waals surface area (Å²) in [5, 5.41) is 13.7. The van der Waals surface area contributed by atoms with Crippen molar-refractivity contribution in [3.05, 3.63) is 35.2 Å². The summed E-state index contributed by atoms with van der Waals surface area (Å²) in [5.74, 6) is -0.216. The lowest BCUT2D eigenvalue weighted by molar-refractivity contribution is 0.0698. The lowest BCUT2D eigenvalue weighted by Gasteiger charge is -2.27. The number of nitrogens with one attached hydrogen (secondary N) is 1. The molecule has 2 amide bonds. The number of thiophene rings is 1. The van der Waals surface area contributed by atoms with Gasteiger partial charge in [0, 0.05) is 25.5 Å². The van der Waals surface area contributed by atoms with Gasteiger partial charge in [0.1, 0.15) is 10.8 Å². The zero-order chi connectivity index (χ0) is 14.1. The van der Waals surface area contributed by atoms with Crippen LogP contribution in [-0.4, -0.2) is 38.1 Å². The minimum absolute atomic E-state index is 0.113. The molecule has 8 heteroatoms. The molecule has 2 N–H and O–H groups in total. The summed E-state index contributed by atoms with van der Waals surface area (Å²) in [6.07, 6.45) is 3.59. The number of hydrogen-bond acceptors (Lipinski definition) is 4. The molecule has 0 bridgehead atoms. The molecule has 2 aromatic rings. The molecule has 0 aliphatic carbocycles. The fraction of sp³-hybridized carbons (Fsp3) is 0.250. The van der Waals surface area contributed by atoms with Crippen molar-refractivity contribution in [3.8, 4) is 0 Å². The summed E-state index contributed by atoms with van der Waals surface area (Å²) < 4.78 is 2.00. The Balaban J connectivity index is 1.71. The van der Waals surface area contributed by atoms with Crippen molar-refractivity contribution in [1.29, 1.82) is 0 Å². The van der Waals surface area contributed by atoms with Crippen LogP contribution in [0.2, 0.25) is 0 Å². The Labute approximate surface area is 118 Å². The molecule has 0 spiro atoms. The van der Waals surface area contributed by atoms with Crippen molar-refractivity contribution in [2.24, 2.45) is 0 Å². The van der Waals surface area contributed by atoms with E-state index in [-0.39, 0.29) is 11.6 Å². The molecule has 0 fully saturated rings. The Hall–Kier alpha value is -2.35. The van der Waals surface area contributed by atoms with Gasteiger partial charge in [0.05, 0.1) is 12.1 Å². The standard InChI is InChI=1S/C12H12N4O3S/c17-11(18)8-1-6-20-10(8)14-12(19)16-5-4-15-3-2-13-9(15)7-16/h1-3,6H,4-5,7H2,(H,14,19)(H,17,18). The molecule has 3 heterocycles. The molecule has 0 atom stereocenters. The number of carboxylic acids is 1. The zero-order valence-corrected chi connectivity index (χ0v) is 11.3. The van der Waals surface area contributed by atoms with E-state index in [1.54, 1.807) is 16.5 Å². The van der Waals surface area contributed by atoms with Gasteiger partial charge in [0.15, 0.2) is 0 Å². The minimum Gasteiger partial charge on any atom is -0.478 e. The smallest absolute Gasteiger partial charge is 0.338 e. The second-order valence-electron chi connectivity index (χ2n) is 4.36. The van der Waals surface area contributed by atoms with Gasteiger partial charge in [-0.3, -0.25) is 5.32 Å². The van der Waals surface area contributed by atoms with E-state index in [1.165, 1.54) is 17.4 Å². The summed E-state index contributed by atoms with van der Waals surface area (Å²) in [6.45, 7) is 1.69. The summed E-state index contributed by atoms with van der Waals surface area (Å²) in [4.78, 5) is 29.0. The number of aromatic nitrogens is 2. The highest BCUT2D eigenvalue weighted by Gasteiger charge is 2.23. The van der Waals surface area contributed by atoms with Crippen molar-refractivity contribution in [2.75, 3.05) is 11.9 Å². The number of hydrogen-bond donors (Lipinski definition) is 2. The van der Waals surface area contributed by atoms with Crippen LogP contribution in [0, 0.1) is 0 Å². The average Bonchev–Trinajstić information content (AvgIpc) is 3.05. The number of carbonyl (C=O) groups excluding carboxylic acids is 1. The fourth-order valence-electron chi connectivity index (χ4n) is 2.10. The van der Waals surface area contributed by atoms with Gasteiger partial charge in [-0.25, -0.2) is 14.6 Å². The number of carboxylic acid groups (broad SMARTS) is 1. The Kier molecular flexibility index (Phi) is 3.15. The topological polar surface area (TPSA) is 87.5 Å². The van der Waals surface area contributed by atoms with E-state index in [4.69, 9.17) is 5.11 Å². The second kappa shape index (κ2) is 4.97.